The number of halogens is 1. The van der Waals surface area contributed by atoms with Crippen LogP contribution >= 0.6 is 0 Å². The third-order valence-corrected chi connectivity index (χ3v) is 5.32. The highest BCUT2D eigenvalue weighted by Gasteiger charge is 2.39. The number of pyridine rings is 1. The molecule has 33 heavy (non-hydrogen) atoms. The Kier molecular flexibility index (Phi) is 5.21. The van der Waals surface area contributed by atoms with Crippen molar-refractivity contribution in [2.75, 3.05) is 0 Å². The first kappa shape index (κ1) is 22.4. The minimum absolute atomic E-state index is 0.00697. The average Bonchev–Trinajstić information content (AvgIpc) is 3.36. The van der Waals surface area contributed by atoms with E-state index in [9.17, 15) is 9.90 Å². The second-order valence-electron chi connectivity index (χ2n) is 8.92. The van der Waals surface area contributed by atoms with Gasteiger partial charge in [-0.25, -0.2) is 14.8 Å². The summed E-state index contributed by atoms with van der Waals surface area (Å²) in [5, 5.41) is 20.6. The van der Waals surface area contributed by atoms with Gasteiger partial charge in [-0.05, 0) is 57.4 Å². The highest BCUT2D eigenvalue weighted by atomic mass is 19.2. The number of alkyl halides is 1. The number of carbonyl (C=O) groups excluding carboxylic acids is 1. The Morgan fingerprint density at radius 2 is 2.09 bits per heavy atom. The molecule has 0 amide bonds. The van der Waals surface area contributed by atoms with E-state index >= 15 is 4.39 Å². The zero-order valence-electron chi connectivity index (χ0n) is 19.0. The first-order valence-electron chi connectivity index (χ1n) is 10.5. The normalized spacial score (nSPS) is 13.8. The lowest BCUT2D eigenvalue weighted by Crippen LogP contribution is -2.27. The average molecular weight is 449 g/mol. The van der Waals surface area contributed by atoms with Crippen LogP contribution < -0.4 is 0 Å². The van der Waals surface area contributed by atoms with E-state index in [-0.39, 0.29) is 28.1 Å². The third-order valence-electron chi connectivity index (χ3n) is 5.32. The van der Waals surface area contributed by atoms with Crippen LogP contribution in [0.5, 0.6) is 0 Å². The van der Waals surface area contributed by atoms with Gasteiger partial charge in [-0.1, -0.05) is 13.0 Å². The Balaban J connectivity index is 1.93. The fourth-order valence-corrected chi connectivity index (χ4v) is 3.98. The van der Waals surface area contributed by atoms with Crippen LogP contribution in [0.15, 0.2) is 30.6 Å². The van der Waals surface area contributed by atoms with Gasteiger partial charge in [0.15, 0.2) is 11.5 Å². The van der Waals surface area contributed by atoms with Gasteiger partial charge < -0.3 is 14.8 Å². The smallest absolute Gasteiger partial charge is 0.419 e. The third kappa shape index (κ3) is 3.83. The minimum Gasteiger partial charge on any atom is -0.443 e. The molecule has 0 saturated carbocycles. The molecule has 0 aliphatic carbocycles. The maximum Gasteiger partial charge on any atom is 0.419 e. The summed E-state index contributed by atoms with van der Waals surface area (Å²) in [7, 11) is 0. The Hall–Kier alpha value is -3.77. The van der Waals surface area contributed by atoms with Gasteiger partial charge in [0.2, 0.25) is 0 Å². The molecule has 0 bridgehead atoms. The second-order valence-corrected chi connectivity index (χ2v) is 8.92. The van der Waals surface area contributed by atoms with E-state index in [1.165, 1.54) is 23.0 Å². The SMILES string of the molecule is CCc1cc(C)c2c(ccn2C(=O)OC(C)(C)C)c1C(O)(F)c1nc2cc(C#N)cnc2[nH]1. The fourth-order valence-electron chi connectivity index (χ4n) is 3.98. The highest BCUT2D eigenvalue weighted by molar-refractivity contribution is 5.95. The maximum atomic E-state index is 16.2. The number of hydrogen-bond acceptors (Lipinski definition) is 6. The van der Waals surface area contributed by atoms with Gasteiger partial charge in [0.05, 0.1) is 11.1 Å². The number of ether oxygens (including phenoxy) is 1. The molecule has 0 radical (unpaired) electrons. The zero-order valence-corrected chi connectivity index (χ0v) is 19.0. The molecular formula is C24H24FN5O3. The molecule has 4 aromatic rings. The van der Waals surface area contributed by atoms with E-state index in [0.717, 1.165) is 5.56 Å². The van der Waals surface area contributed by atoms with Crippen molar-refractivity contribution in [1.82, 2.24) is 19.5 Å². The largest absolute Gasteiger partial charge is 0.443 e. The highest BCUT2D eigenvalue weighted by Crippen LogP contribution is 2.39. The molecule has 1 atom stereocenters. The van der Waals surface area contributed by atoms with Crippen molar-refractivity contribution in [1.29, 1.82) is 5.26 Å². The number of hydrogen-bond donors (Lipinski definition) is 2. The van der Waals surface area contributed by atoms with Crippen molar-refractivity contribution >= 4 is 28.2 Å². The number of aromatic nitrogens is 4. The Morgan fingerprint density at radius 3 is 2.73 bits per heavy atom. The number of fused-ring (bicyclic) bond motifs is 2. The molecule has 2 N–H and O–H groups in total. The predicted molar refractivity (Wildman–Crippen MR) is 120 cm³/mol. The molecule has 4 rings (SSSR count). The fraction of sp³-hybridized carbons (Fsp3) is 0.333. The summed E-state index contributed by atoms with van der Waals surface area (Å²) in [6, 6.07) is 6.75. The van der Waals surface area contributed by atoms with E-state index in [2.05, 4.69) is 15.0 Å². The minimum atomic E-state index is -3.01. The van der Waals surface area contributed by atoms with Crippen LogP contribution in [-0.4, -0.2) is 36.3 Å². The van der Waals surface area contributed by atoms with Crippen LogP contribution in [0.25, 0.3) is 22.1 Å². The Labute approximate surface area is 189 Å². The summed E-state index contributed by atoms with van der Waals surface area (Å²) in [4.78, 5) is 23.8. The summed E-state index contributed by atoms with van der Waals surface area (Å²) < 4.78 is 23.0. The van der Waals surface area contributed by atoms with Crippen molar-refractivity contribution in [2.24, 2.45) is 0 Å². The van der Waals surface area contributed by atoms with Crippen molar-refractivity contribution in [2.45, 2.75) is 52.5 Å². The van der Waals surface area contributed by atoms with Crippen LogP contribution in [-0.2, 0) is 17.0 Å². The van der Waals surface area contributed by atoms with Crippen LogP contribution in [0, 0.1) is 18.3 Å². The van der Waals surface area contributed by atoms with Gasteiger partial charge in [-0.2, -0.15) is 9.65 Å². The molecule has 9 heteroatoms. The number of nitriles is 1. The summed E-state index contributed by atoms with van der Waals surface area (Å²) >= 11 is 0. The van der Waals surface area contributed by atoms with Gasteiger partial charge in [0, 0.05) is 23.3 Å². The second kappa shape index (κ2) is 7.67. The maximum absolute atomic E-state index is 16.2. The number of nitrogens with one attached hydrogen (secondary N) is 1. The molecule has 0 saturated heterocycles. The number of nitrogens with zero attached hydrogens (tertiary/aromatic N) is 4. The van der Waals surface area contributed by atoms with Crippen LogP contribution in [0.1, 0.15) is 55.8 Å². The molecule has 0 spiro atoms. The number of imidazole rings is 1. The molecule has 0 fully saturated rings. The number of benzene rings is 1. The lowest BCUT2D eigenvalue weighted by Gasteiger charge is -2.23. The number of H-pyrrole nitrogens is 1. The van der Waals surface area contributed by atoms with Gasteiger partial charge in [0.1, 0.15) is 17.2 Å². The Morgan fingerprint density at radius 1 is 1.36 bits per heavy atom. The summed E-state index contributed by atoms with van der Waals surface area (Å²) in [6.45, 7) is 8.95. The quantitative estimate of drug-likeness (QED) is 0.472. The van der Waals surface area contributed by atoms with Crippen molar-refractivity contribution in [3.8, 4) is 6.07 Å². The van der Waals surface area contributed by atoms with E-state index < -0.39 is 17.5 Å². The zero-order chi connectivity index (χ0) is 24.1. The van der Waals surface area contributed by atoms with E-state index in [1.54, 1.807) is 32.9 Å². The van der Waals surface area contributed by atoms with E-state index in [4.69, 9.17) is 10.00 Å². The van der Waals surface area contributed by atoms with E-state index in [0.29, 0.717) is 22.9 Å². The Bertz CT molecular complexity index is 1440. The molecule has 0 aliphatic rings. The standard InChI is InChI=1S/C24H24FN5O3/c1-6-15-9-13(2)19-16(7-8-30(19)22(31)33-23(3,4)5)18(15)24(25,32)21-28-17-10-14(11-26)12-27-20(17)29-21/h7-10,12,32H,6H2,1-5H3,(H,27,28,29). The predicted octanol–water partition coefficient (Wildman–Crippen LogP) is 4.60. The molecule has 1 unspecified atom stereocenters. The molecule has 0 aliphatic heterocycles. The lowest BCUT2D eigenvalue weighted by atomic mass is 9.92. The number of aromatic amines is 1. The number of aryl methyl sites for hydroxylation is 2. The van der Waals surface area contributed by atoms with Gasteiger partial charge >= 0.3 is 6.09 Å². The van der Waals surface area contributed by atoms with Gasteiger partial charge in [-0.3, -0.25) is 4.57 Å². The molecule has 3 aromatic heterocycles. The molecular weight excluding hydrogens is 425 g/mol. The first-order valence-corrected chi connectivity index (χ1v) is 10.5. The van der Waals surface area contributed by atoms with Crippen LogP contribution in [0.4, 0.5) is 9.18 Å². The molecule has 170 valence electrons. The van der Waals surface area contributed by atoms with Crippen LogP contribution in [0.3, 0.4) is 0 Å². The summed E-state index contributed by atoms with van der Waals surface area (Å²) in [5.41, 5.74) is 1.80. The summed E-state index contributed by atoms with van der Waals surface area (Å²) in [6.07, 6.45) is 2.68. The van der Waals surface area contributed by atoms with Crippen LogP contribution in [0.2, 0.25) is 0 Å². The number of aliphatic hydroxyl groups is 1. The molecule has 1 aromatic carbocycles. The monoisotopic (exact) mass is 449 g/mol. The van der Waals surface area contributed by atoms with Gasteiger partial charge in [-0.15, -0.1) is 0 Å². The lowest BCUT2D eigenvalue weighted by molar-refractivity contribution is -0.0608. The molecule has 3 heterocycles. The van der Waals surface area contributed by atoms with Crippen molar-refractivity contribution in [3.63, 3.8) is 0 Å². The summed E-state index contributed by atoms with van der Waals surface area (Å²) in [5.74, 6) is -3.37. The van der Waals surface area contributed by atoms with Gasteiger partial charge in [0.25, 0.3) is 5.85 Å². The molecule has 8 nitrogen and oxygen atoms in total. The number of carbonyl (C=O) groups is 1. The van der Waals surface area contributed by atoms with E-state index in [1.807, 2.05) is 19.9 Å². The first-order chi connectivity index (χ1) is 15.5. The number of rotatable bonds is 3. The van der Waals surface area contributed by atoms with Crippen molar-refractivity contribution in [3.05, 3.63) is 58.7 Å². The van der Waals surface area contributed by atoms with Crippen molar-refractivity contribution < 1.29 is 19.0 Å². The topological polar surface area (TPSA) is 117 Å².